The van der Waals surface area contributed by atoms with Crippen LogP contribution in [-0.2, 0) is 4.79 Å². The van der Waals surface area contributed by atoms with Gasteiger partial charge in [-0.05, 0) is 65.6 Å². The van der Waals surface area contributed by atoms with Crippen molar-refractivity contribution in [3.63, 3.8) is 0 Å². The van der Waals surface area contributed by atoms with Gasteiger partial charge in [0.1, 0.15) is 6.54 Å². The number of carbonyl (C=O) groups excluding carboxylic acids is 2. The second kappa shape index (κ2) is 11.4. The molecule has 8 heteroatoms. The molecular weight excluding hydrogens is 551 g/mol. The van der Waals surface area contributed by atoms with Crippen LogP contribution in [0, 0.1) is 0 Å². The molecule has 1 aliphatic rings. The highest BCUT2D eigenvalue weighted by Gasteiger charge is 2.41. The number of rotatable bonds is 8. The second-order valence-corrected chi connectivity index (χ2v) is 10.8. The first-order valence-electron chi connectivity index (χ1n) is 14.3. The van der Waals surface area contributed by atoms with Gasteiger partial charge in [0, 0.05) is 34.9 Å². The lowest BCUT2D eigenvalue weighted by atomic mass is 9.93. The van der Waals surface area contributed by atoms with Crippen molar-refractivity contribution in [2.24, 2.45) is 0 Å². The minimum absolute atomic E-state index is 0.0366. The van der Waals surface area contributed by atoms with Crippen molar-refractivity contribution in [1.29, 1.82) is 0 Å². The van der Waals surface area contributed by atoms with Crippen LogP contribution in [0.25, 0.3) is 27.7 Å². The van der Waals surface area contributed by atoms with Crippen LogP contribution in [-0.4, -0.2) is 40.5 Å². The van der Waals surface area contributed by atoms with Crippen molar-refractivity contribution in [2.45, 2.75) is 31.9 Å². The molecule has 0 saturated heterocycles. The van der Waals surface area contributed by atoms with Gasteiger partial charge in [-0.15, -0.1) is 0 Å². The normalized spacial score (nSPS) is 13.9. The fourth-order valence-corrected chi connectivity index (χ4v) is 5.95. The summed E-state index contributed by atoms with van der Waals surface area (Å²) in [5, 5.41) is 3.80. The average Bonchev–Trinajstić information content (AvgIpc) is 3.58. The molecule has 2 amide bonds. The lowest BCUT2D eigenvalue weighted by Crippen LogP contribution is -2.42. The number of benzene rings is 4. The first kappa shape index (κ1) is 28.3. The first-order valence-corrected chi connectivity index (χ1v) is 14.3. The maximum absolute atomic E-state index is 14.1. The molecule has 1 N–H and O–H groups in total. The number of nitrogens with zero attached hydrogens (tertiary/aromatic N) is 2. The van der Waals surface area contributed by atoms with E-state index in [-0.39, 0.29) is 12.5 Å². The molecule has 0 fully saturated rings. The minimum atomic E-state index is -4.51. The molecule has 1 heterocycles. The molecule has 43 heavy (non-hydrogen) atoms. The Kier molecular flexibility index (Phi) is 7.52. The van der Waals surface area contributed by atoms with E-state index in [4.69, 9.17) is 0 Å². The number of aromatic nitrogens is 1. The van der Waals surface area contributed by atoms with E-state index < -0.39 is 24.5 Å². The molecule has 5 nitrogen and oxygen atoms in total. The summed E-state index contributed by atoms with van der Waals surface area (Å²) in [7, 11) is 0. The first-order chi connectivity index (χ1) is 20.7. The Bertz CT molecular complexity index is 1810. The molecule has 0 radical (unpaired) electrons. The number of fused-ring (bicyclic) bond motifs is 4. The van der Waals surface area contributed by atoms with Crippen molar-refractivity contribution in [3.05, 3.63) is 120 Å². The van der Waals surface area contributed by atoms with E-state index in [1.807, 2.05) is 90.5 Å². The molecule has 1 atom stereocenters. The number of amides is 2. The lowest BCUT2D eigenvalue weighted by Gasteiger charge is -2.28. The summed E-state index contributed by atoms with van der Waals surface area (Å²) in [6.45, 7) is 0.644. The third-order valence-corrected chi connectivity index (χ3v) is 7.89. The van der Waals surface area contributed by atoms with Crippen LogP contribution in [0.3, 0.4) is 0 Å². The van der Waals surface area contributed by atoms with Gasteiger partial charge in [0.25, 0.3) is 5.91 Å². The summed E-state index contributed by atoms with van der Waals surface area (Å²) in [6.07, 6.45) is -1.46. The Morgan fingerprint density at radius 2 is 1.63 bits per heavy atom. The lowest BCUT2D eigenvalue weighted by molar-refractivity contribution is -0.161. The Balaban J connectivity index is 1.41. The Morgan fingerprint density at radius 1 is 0.884 bits per heavy atom. The van der Waals surface area contributed by atoms with E-state index in [0.717, 1.165) is 32.6 Å². The maximum Gasteiger partial charge on any atom is 0.406 e. The third-order valence-electron chi connectivity index (χ3n) is 7.89. The molecule has 1 unspecified atom stereocenters. The molecule has 6 rings (SSSR count). The molecule has 0 bridgehead atoms. The van der Waals surface area contributed by atoms with Crippen LogP contribution in [0.4, 0.5) is 18.9 Å². The minimum Gasteiger partial charge on any atom is -0.333 e. The van der Waals surface area contributed by atoms with Gasteiger partial charge in [0.05, 0.1) is 17.1 Å². The fourth-order valence-electron chi connectivity index (χ4n) is 5.95. The SMILES string of the molecule is CCCCN(CC(F)(F)F)C(=O)C1c2ccccc2-c2cccc(-n3ccc4cc(NC(=O)c5ccccc5)ccc43)c21. The molecule has 4 aromatic carbocycles. The molecular formula is C35H30F3N3O2. The van der Waals surface area contributed by atoms with Crippen molar-refractivity contribution < 1.29 is 22.8 Å². The van der Waals surface area contributed by atoms with Gasteiger partial charge in [-0.1, -0.05) is 67.9 Å². The Hall–Kier alpha value is -4.85. The third kappa shape index (κ3) is 5.52. The zero-order valence-electron chi connectivity index (χ0n) is 23.6. The zero-order valence-corrected chi connectivity index (χ0v) is 23.6. The number of halogens is 3. The van der Waals surface area contributed by atoms with Crippen molar-refractivity contribution in [2.75, 3.05) is 18.4 Å². The zero-order chi connectivity index (χ0) is 30.1. The predicted octanol–water partition coefficient (Wildman–Crippen LogP) is 8.19. The van der Waals surface area contributed by atoms with E-state index in [1.54, 1.807) is 24.3 Å². The maximum atomic E-state index is 14.1. The van der Waals surface area contributed by atoms with E-state index in [9.17, 15) is 22.8 Å². The van der Waals surface area contributed by atoms with Crippen LogP contribution >= 0.6 is 0 Å². The van der Waals surface area contributed by atoms with Crippen LogP contribution in [0.5, 0.6) is 0 Å². The van der Waals surface area contributed by atoms with Gasteiger partial charge < -0.3 is 14.8 Å². The molecule has 0 saturated carbocycles. The average molecular weight is 582 g/mol. The largest absolute Gasteiger partial charge is 0.406 e. The van der Waals surface area contributed by atoms with Crippen molar-refractivity contribution >= 4 is 28.4 Å². The van der Waals surface area contributed by atoms with Crippen LogP contribution < -0.4 is 5.32 Å². The quantitative estimate of drug-likeness (QED) is 0.201. The van der Waals surface area contributed by atoms with Gasteiger partial charge in [0.2, 0.25) is 5.91 Å². The highest BCUT2D eigenvalue weighted by molar-refractivity contribution is 6.05. The Labute approximate surface area is 247 Å². The topological polar surface area (TPSA) is 54.3 Å². The molecule has 0 aliphatic heterocycles. The predicted molar refractivity (Wildman–Crippen MR) is 162 cm³/mol. The summed E-state index contributed by atoms with van der Waals surface area (Å²) in [5.74, 6) is -1.64. The standard InChI is InChI=1S/C35H30F3N3O2/c1-2-3-19-40(22-35(36,37)38)34(43)32-28-13-8-7-12-26(28)27-14-9-15-30(31(27)32)41-20-18-24-21-25(16-17-29(24)41)39-33(42)23-10-5-4-6-11-23/h4-18,20-21,32H,2-3,19,22H2,1H3,(H,39,42). The van der Waals surface area contributed by atoms with Crippen LogP contribution in [0.2, 0.25) is 0 Å². The van der Waals surface area contributed by atoms with Gasteiger partial charge in [-0.3, -0.25) is 9.59 Å². The summed E-state index contributed by atoms with van der Waals surface area (Å²) in [4.78, 5) is 27.7. The highest BCUT2D eigenvalue weighted by atomic mass is 19.4. The molecule has 5 aromatic rings. The molecule has 1 aliphatic carbocycles. The summed E-state index contributed by atoms with van der Waals surface area (Å²) < 4.78 is 42.9. The van der Waals surface area contributed by atoms with Gasteiger partial charge in [-0.2, -0.15) is 13.2 Å². The summed E-state index contributed by atoms with van der Waals surface area (Å²) in [5.41, 5.74) is 5.84. The molecule has 1 aromatic heterocycles. The monoisotopic (exact) mass is 581 g/mol. The van der Waals surface area contributed by atoms with Gasteiger partial charge in [0.15, 0.2) is 0 Å². The number of anilines is 1. The molecule has 218 valence electrons. The van der Waals surface area contributed by atoms with Crippen molar-refractivity contribution in [1.82, 2.24) is 9.47 Å². The molecule has 0 spiro atoms. The second-order valence-electron chi connectivity index (χ2n) is 10.8. The van der Waals surface area contributed by atoms with Crippen LogP contribution in [0.15, 0.2) is 103 Å². The highest BCUT2D eigenvalue weighted by Crippen LogP contribution is 2.48. The number of hydrogen-bond donors (Lipinski definition) is 1. The number of carbonyl (C=O) groups is 2. The number of nitrogens with one attached hydrogen (secondary N) is 1. The van der Waals surface area contributed by atoms with Crippen LogP contribution in [0.1, 0.15) is 47.2 Å². The van der Waals surface area contributed by atoms with Gasteiger partial charge >= 0.3 is 6.18 Å². The van der Waals surface area contributed by atoms with E-state index in [2.05, 4.69) is 5.32 Å². The summed E-state index contributed by atoms with van der Waals surface area (Å²) in [6, 6.07) is 29.6. The van der Waals surface area contributed by atoms with Gasteiger partial charge in [-0.25, -0.2) is 0 Å². The fraction of sp³-hybridized carbons (Fsp3) is 0.200. The Morgan fingerprint density at radius 3 is 2.40 bits per heavy atom. The summed E-state index contributed by atoms with van der Waals surface area (Å²) >= 11 is 0. The number of unbranched alkanes of at least 4 members (excludes halogenated alkanes) is 1. The van der Waals surface area contributed by atoms with E-state index >= 15 is 0 Å². The number of alkyl halides is 3. The van der Waals surface area contributed by atoms with E-state index in [1.165, 1.54) is 0 Å². The van der Waals surface area contributed by atoms with Crippen molar-refractivity contribution in [3.8, 4) is 16.8 Å². The number of hydrogen-bond acceptors (Lipinski definition) is 2. The van der Waals surface area contributed by atoms with E-state index in [0.29, 0.717) is 35.2 Å². The smallest absolute Gasteiger partial charge is 0.333 e.